The van der Waals surface area contributed by atoms with Crippen molar-refractivity contribution in [2.75, 3.05) is 5.75 Å². The van der Waals surface area contributed by atoms with Crippen molar-refractivity contribution >= 4 is 22.7 Å². The van der Waals surface area contributed by atoms with E-state index in [9.17, 15) is 0 Å². The van der Waals surface area contributed by atoms with Crippen molar-refractivity contribution in [2.24, 2.45) is 0 Å². The van der Waals surface area contributed by atoms with Crippen molar-refractivity contribution in [1.82, 2.24) is 4.98 Å². The molecule has 0 bridgehead atoms. The second kappa shape index (κ2) is 4.17. The van der Waals surface area contributed by atoms with Gasteiger partial charge in [0.25, 0.3) is 0 Å². The number of H-pyrrole nitrogens is 1. The summed E-state index contributed by atoms with van der Waals surface area (Å²) in [5.74, 6) is 1.13. The molecule has 1 aromatic heterocycles. The zero-order valence-electron chi connectivity index (χ0n) is 9.47. The lowest BCUT2D eigenvalue weighted by Gasteiger charge is -2.09. The Labute approximate surface area is 101 Å². The Kier molecular flexibility index (Phi) is 2.68. The average molecular weight is 229 g/mol. The van der Waals surface area contributed by atoms with Crippen LogP contribution in [0.15, 0.2) is 23.1 Å². The molecule has 16 heavy (non-hydrogen) atoms. The molecular formula is C14H15NS. The molecule has 0 amide bonds. The number of fused-ring (bicyclic) bond motifs is 3. The van der Waals surface area contributed by atoms with Crippen LogP contribution >= 0.6 is 11.8 Å². The minimum absolute atomic E-state index is 1.01. The van der Waals surface area contributed by atoms with Crippen molar-refractivity contribution in [3.05, 3.63) is 35.9 Å². The van der Waals surface area contributed by atoms with E-state index in [0.717, 1.165) is 25.0 Å². The number of aromatic amines is 1. The van der Waals surface area contributed by atoms with E-state index in [0.29, 0.717) is 0 Å². The minimum atomic E-state index is 1.01. The Morgan fingerprint density at radius 3 is 3.25 bits per heavy atom. The number of benzene rings is 1. The molecule has 2 radical (unpaired) electrons. The number of para-hydroxylation sites is 1. The van der Waals surface area contributed by atoms with Gasteiger partial charge in [-0.15, -0.1) is 11.8 Å². The van der Waals surface area contributed by atoms with Crippen molar-refractivity contribution in [2.45, 2.75) is 31.1 Å². The number of rotatable bonds is 2. The van der Waals surface area contributed by atoms with E-state index in [1.807, 2.05) is 11.8 Å². The largest absolute Gasteiger partial charge is 0.357 e. The Balaban J connectivity index is 2.21. The van der Waals surface area contributed by atoms with Gasteiger partial charge in [0, 0.05) is 16.0 Å². The van der Waals surface area contributed by atoms with Crippen LogP contribution in [-0.2, 0) is 12.8 Å². The Morgan fingerprint density at radius 1 is 1.44 bits per heavy atom. The summed E-state index contributed by atoms with van der Waals surface area (Å²) in [6.45, 7) is 2.20. The molecule has 0 saturated heterocycles. The molecule has 3 rings (SSSR count). The first-order valence-corrected chi connectivity index (χ1v) is 6.84. The Morgan fingerprint density at radius 2 is 2.38 bits per heavy atom. The predicted molar refractivity (Wildman–Crippen MR) is 70.0 cm³/mol. The summed E-state index contributed by atoms with van der Waals surface area (Å²) in [6, 6.07) is 6.62. The summed E-state index contributed by atoms with van der Waals surface area (Å²) in [7, 11) is 0. The fourth-order valence-corrected chi connectivity index (χ4v) is 3.21. The number of hydrogen-bond donors (Lipinski definition) is 1. The molecular weight excluding hydrogens is 214 g/mol. The van der Waals surface area contributed by atoms with E-state index >= 15 is 0 Å². The fourth-order valence-electron chi connectivity index (χ4n) is 2.42. The van der Waals surface area contributed by atoms with Gasteiger partial charge in [0.2, 0.25) is 0 Å². The number of aromatic nitrogens is 1. The lowest BCUT2D eigenvalue weighted by Crippen LogP contribution is -2.00. The maximum atomic E-state index is 3.61. The molecule has 1 nitrogen and oxygen atoms in total. The second-order valence-corrected chi connectivity index (χ2v) is 5.43. The molecule has 0 fully saturated rings. The molecule has 0 unspecified atom stereocenters. The number of thioether (sulfide) groups is 1. The lowest BCUT2D eigenvalue weighted by molar-refractivity contribution is 0.815. The molecule has 1 heterocycles. The van der Waals surface area contributed by atoms with E-state index in [2.05, 4.69) is 36.5 Å². The minimum Gasteiger partial charge on any atom is -0.357 e. The van der Waals surface area contributed by atoms with E-state index in [1.165, 1.54) is 27.1 Å². The SMILES string of the molecule is CCSc1cccc2c3c([nH]c12)CC[C]C3. The monoisotopic (exact) mass is 229 g/mol. The molecule has 2 heteroatoms. The van der Waals surface area contributed by atoms with Crippen LogP contribution in [0.4, 0.5) is 0 Å². The van der Waals surface area contributed by atoms with Crippen LogP contribution in [0.1, 0.15) is 24.6 Å². The van der Waals surface area contributed by atoms with Crippen LogP contribution in [0.2, 0.25) is 0 Å². The van der Waals surface area contributed by atoms with Gasteiger partial charge >= 0.3 is 0 Å². The molecule has 2 aromatic rings. The van der Waals surface area contributed by atoms with E-state index < -0.39 is 0 Å². The molecule has 1 aliphatic rings. The third kappa shape index (κ3) is 1.56. The van der Waals surface area contributed by atoms with E-state index in [-0.39, 0.29) is 0 Å². The van der Waals surface area contributed by atoms with Crippen LogP contribution in [0.5, 0.6) is 0 Å². The highest BCUT2D eigenvalue weighted by molar-refractivity contribution is 7.99. The number of nitrogens with one attached hydrogen (secondary N) is 1. The van der Waals surface area contributed by atoms with Gasteiger partial charge in [0.05, 0.1) is 5.52 Å². The van der Waals surface area contributed by atoms with Gasteiger partial charge < -0.3 is 4.98 Å². The van der Waals surface area contributed by atoms with Crippen LogP contribution < -0.4 is 0 Å². The standard InChI is InChI=1S/C14H15NS/c1-2-16-13-9-5-7-11-10-6-3-4-8-12(10)15-14(11)13/h5,7,9,15H,2,4,6,8H2,1H3. The molecule has 0 aliphatic heterocycles. The highest BCUT2D eigenvalue weighted by Gasteiger charge is 2.16. The third-order valence-electron chi connectivity index (χ3n) is 3.14. The van der Waals surface area contributed by atoms with Crippen molar-refractivity contribution < 1.29 is 0 Å². The first kappa shape index (κ1) is 10.3. The van der Waals surface area contributed by atoms with Crippen LogP contribution in [-0.4, -0.2) is 10.7 Å². The van der Waals surface area contributed by atoms with Gasteiger partial charge in [0.15, 0.2) is 0 Å². The fraction of sp³-hybridized carbons (Fsp3) is 0.357. The summed E-state index contributed by atoms with van der Waals surface area (Å²) >= 11 is 1.92. The van der Waals surface area contributed by atoms with Gasteiger partial charge in [0.1, 0.15) is 0 Å². The maximum Gasteiger partial charge on any atom is 0.0597 e. The van der Waals surface area contributed by atoms with Gasteiger partial charge in [-0.2, -0.15) is 0 Å². The topological polar surface area (TPSA) is 15.8 Å². The van der Waals surface area contributed by atoms with E-state index in [1.54, 1.807) is 0 Å². The first-order valence-electron chi connectivity index (χ1n) is 5.86. The first-order chi connectivity index (χ1) is 7.90. The maximum absolute atomic E-state index is 3.61. The highest BCUT2D eigenvalue weighted by atomic mass is 32.2. The van der Waals surface area contributed by atoms with Gasteiger partial charge in [-0.3, -0.25) is 0 Å². The van der Waals surface area contributed by atoms with Crippen molar-refractivity contribution in [1.29, 1.82) is 0 Å². The van der Waals surface area contributed by atoms with Crippen molar-refractivity contribution in [3.63, 3.8) is 0 Å². The normalized spacial score (nSPS) is 15.3. The van der Waals surface area contributed by atoms with Gasteiger partial charge in [-0.1, -0.05) is 19.1 Å². The number of hydrogen-bond acceptors (Lipinski definition) is 1. The summed E-state index contributed by atoms with van der Waals surface area (Å²) < 4.78 is 0. The van der Waals surface area contributed by atoms with E-state index in [4.69, 9.17) is 0 Å². The summed E-state index contributed by atoms with van der Waals surface area (Å²) in [5.41, 5.74) is 4.24. The summed E-state index contributed by atoms with van der Waals surface area (Å²) in [6.07, 6.45) is 6.67. The number of aryl methyl sites for hydroxylation is 1. The molecule has 1 aromatic carbocycles. The summed E-state index contributed by atoms with van der Waals surface area (Å²) in [4.78, 5) is 4.99. The molecule has 82 valence electrons. The molecule has 1 aliphatic carbocycles. The smallest absolute Gasteiger partial charge is 0.0597 e. The molecule has 0 spiro atoms. The third-order valence-corrected chi connectivity index (χ3v) is 4.08. The second-order valence-electron chi connectivity index (χ2n) is 4.12. The summed E-state index contributed by atoms with van der Waals surface area (Å²) in [5, 5.41) is 1.40. The van der Waals surface area contributed by atoms with Gasteiger partial charge in [-0.25, -0.2) is 0 Å². The zero-order valence-corrected chi connectivity index (χ0v) is 10.3. The van der Waals surface area contributed by atoms with Crippen LogP contribution in [0.25, 0.3) is 10.9 Å². The average Bonchev–Trinajstić information content (AvgIpc) is 2.69. The Hall–Kier alpha value is -0.890. The Bertz CT molecular complexity index is 513. The lowest BCUT2D eigenvalue weighted by atomic mass is 9.96. The van der Waals surface area contributed by atoms with Crippen molar-refractivity contribution in [3.8, 4) is 0 Å². The highest BCUT2D eigenvalue weighted by Crippen LogP contribution is 2.33. The predicted octanol–water partition coefficient (Wildman–Crippen LogP) is 3.85. The van der Waals surface area contributed by atoms with Crippen LogP contribution in [0, 0.1) is 6.42 Å². The molecule has 0 atom stereocenters. The molecule has 0 saturated carbocycles. The molecule has 1 N–H and O–H groups in total. The quantitative estimate of drug-likeness (QED) is 0.773. The zero-order chi connectivity index (χ0) is 11.0. The van der Waals surface area contributed by atoms with Crippen LogP contribution in [0.3, 0.4) is 0 Å². The van der Waals surface area contributed by atoms with Gasteiger partial charge in [-0.05, 0) is 43.1 Å².